The maximum absolute atomic E-state index is 5.81. The largest absolute Gasteiger partial charge is 0.368 e. The van der Waals surface area contributed by atoms with Crippen molar-refractivity contribution in [3.8, 4) is 0 Å². The van der Waals surface area contributed by atoms with E-state index in [1.165, 1.54) is 18.5 Å². The predicted molar refractivity (Wildman–Crippen MR) is 72.0 cm³/mol. The Bertz CT molecular complexity index is 358. The highest BCUT2D eigenvalue weighted by Gasteiger charge is 2.23. The molecule has 1 aromatic heterocycles. The standard InChI is InChI=1S/C14H23N3/c1-10-6-7-17(11(2)8-10)13-4-5-14(12(3)15)16-9-13/h4-5,9-12H,6-8,15H2,1-3H3/t10?,11?,12-/m0/s1. The Hall–Kier alpha value is -1.09. The van der Waals surface area contributed by atoms with Gasteiger partial charge in [0.05, 0.1) is 17.6 Å². The summed E-state index contributed by atoms with van der Waals surface area (Å²) in [5.41, 5.74) is 8.01. The molecule has 1 aliphatic heterocycles. The van der Waals surface area contributed by atoms with Gasteiger partial charge < -0.3 is 10.6 Å². The van der Waals surface area contributed by atoms with Gasteiger partial charge in [-0.05, 0) is 44.7 Å². The van der Waals surface area contributed by atoms with Crippen molar-refractivity contribution in [3.63, 3.8) is 0 Å². The summed E-state index contributed by atoms with van der Waals surface area (Å²) in [7, 11) is 0. The molecule has 0 saturated carbocycles. The summed E-state index contributed by atoms with van der Waals surface area (Å²) in [6, 6.07) is 4.83. The summed E-state index contributed by atoms with van der Waals surface area (Å²) in [4.78, 5) is 6.90. The van der Waals surface area contributed by atoms with Crippen LogP contribution >= 0.6 is 0 Å². The first-order chi connectivity index (χ1) is 8.08. The van der Waals surface area contributed by atoms with Crippen molar-refractivity contribution in [1.82, 2.24) is 4.98 Å². The molecule has 0 radical (unpaired) electrons. The molecular weight excluding hydrogens is 210 g/mol. The van der Waals surface area contributed by atoms with Gasteiger partial charge in [-0.25, -0.2) is 0 Å². The van der Waals surface area contributed by atoms with E-state index in [4.69, 9.17) is 5.73 Å². The number of piperidine rings is 1. The van der Waals surface area contributed by atoms with Crippen LogP contribution in [-0.4, -0.2) is 17.6 Å². The van der Waals surface area contributed by atoms with E-state index < -0.39 is 0 Å². The topological polar surface area (TPSA) is 42.1 Å². The second-order valence-corrected chi connectivity index (χ2v) is 5.40. The third-order valence-corrected chi connectivity index (χ3v) is 3.71. The lowest BCUT2D eigenvalue weighted by atomic mass is 9.93. The Morgan fingerprint density at radius 2 is 2.18 bits per heavy atom. The molecular formula is C14H23N3. The molecule has 1 fully saturated rings. The van der Waals surface area contributed by atoms with Gasteiger partial charge in [0.15, 0.2) is 0 Å². The van der Waals surface area contributed by atoms with Crippen LogP contribution < -0.4 is 10.6 Å². The monoisotopic (exact) mass is 233 g/mol. The first kappa shape index (κ1) is 12.4. The Balaban J connectivity index is 2.11. The molecule has 1 aliphatic rings. The quantitative estimate of drug-likeness (QED) is 0.854. The zero-order valence-corrected chi connectivity index (χ0v) is 11.1. The first-order valence-electron chi connectivity index (χ1n) is 6.56. The summed E-state index contributed by atoms with van der Waals surface area (Å²) in [5.74, 6) is 0.845. The number of hydrogen-bond donors (Lipinski definition) is 1. The third-order valence-electron chi connectivity index (χ3n) is 3.71. The van der Waals surface area contributed by atoms with Crippen LogP contribution in [0, 0.1) is 5.92 Å². The lowest BCUT2D eigenvalue weighted by Crippen LogP contribution is -2.40. The van der Waals surface area contributed by atoms with Gasteiger partial charge in [-0.2, -0.15) is 0 Å². The molecule has 2 rings (SSSR count). The van der Waals surface area contributed by atoms with Gasteiger partial charge >= 0.3 is 0 Å². The molecule has 0 aromatic carbocycles. The second kappa shape index (κ2) is 5.05. The molecule has 3 nitrogen and oxygen atoms in total. The van der Waals surface area contributed by atoms with Crippen LogP contribution in [0.2, 0.25) is 0 Å². The normalized spacial score (nSPS) is 26.9. The number of nitrogens with zero attached hydrogens (tertiary/aromatic N) is 2. The van der Waals surface area contributed by atoms with Crippen molar-refractivity contribution in [2.75, 3.05) is 11.4 Å². The SMILES string of the molecule is CC1CCN(c2ccc([C@H](C)N)nc2)C(C)C1. The number of hydrogen-bond acceptors (Lipinski definition) is 3. The molecule has 1 aromatic rings. The van der Waals surface area contributed by atoms with Crippen molar-refractivity contribution < 1.29 is 0 Å². The zero-order chi connectivity index (χ0) is 12.4. The minimum atomic E-state index is 0.0165. The molecule has 3 heteroatoms. The van der Waals surface area contributed by atoms with E-state index in [-0.39, 0.29) is 6.04 Å². The number of pyridine rings is 1. The van der Waals surface area contributed by atoms with Gasteiger partial charge in [-0.3, -0.25) is 4.98 Å². The van der Waals surface area contributed by atoms with E-state index >= 15 is 0 Å². The van der Waals surface area contributed by atoms with Gasteiger partial charge in [0, 0.05) is 18.6 Å². The number of aromatic nitrogens is 1. The van der Waals surface area contributed by atoms with E-state index in [2.05, 4.69) is 29.8 Å². The molecule has 0 spiro atoms. The fourth-order valence-electron chi connectivity index (χ4n) is 2.63. The molecule has 17 heavy (non-hydrogen) atoms. The zero-order valence-electron chi connectivity index (χ0n) is 11.1. The summed E-state index contributed by atoms with van der Waals surface area (Å²) in [6.07, 6.45) is 4.51. The lowest BCUT2D eigenvalue weighted by molar-refractivity contribution is 0.377. The molecule has 0 bridgehead atoms. The van der Waals surface area contributed by atoms with Gasteiger partial charge in [-0.15, -0.1) is 0 Å². The Kier molecular flexibility index (Phi) is 3.67. The van der Waals surface area contributed by atoms with E-state index in [1.807, 2.05) is 19.2 Å². The number of anilines is 1. The molecule has 0 aliphatic carbocycles. The molecule has 2 heterocycles. The Morgan fingerprint density at radius 3 is 2.71 bits per heavy atom. The van der Waals surface area contributed by atoms with Crippen LogP contribution in [0.4, 0.5) is 5.69 Å². The van der Waals surface area contributed by atoms with Gasteiger partial charge in [0.2, 0.25) is 0 Å². The summed E-state index contributed by atoms with van der Waals surface area (Å²) < 4.78 is 0. The average molecular weight is 233 g/mol. The first-order valence-corrected chi connectivity index (χ1v) is 6.56. The molecule has 3 atom stereocenters. The lowest BCUT2D eigenvalue weighted by Gasteiger charge is -2.38. The minimum Gasteiger partial charge on any atom is -0.368 e. The number of rotatable bonds is 2. The average Bonchev–Trinajstić information content (AvgIpc) is 2.29. The highest BCUT2D eigenvalue weighted by Crippen LogP contribution is 2.27. The molecule has 1 saturated heterocycles. The fourth-order valence-corrected chi connectivity index (χ4v) is 2.63. The fraction of sp³-hybridized carbons (Fsp3) is 0.643. The van der Waals surface area contributed by atoms with Crippen LogP contribution in [0.25, 0.3) is 0 Å². The van der Waals surface area contributed by atoms with Crippen molar-refractivity contribution in [2.45, 2.75) is 45.7 Å². The van der Waals surface area contributed by atoms with Gasteiger partial charge in [0.1, 0.15) is 0 Å². The van der Waals surface area contributed by atoms with Crippen molar-refractivity contribution in [1.29, 1.82) is 0 Å². The summed E-state index contributed by atoms with van der Waals surface area (Å²) >= 11 is 0. The molecule has 2 unspecified atom stereocenters. The maximum Gasteiger partial charge on any atom is 0.0569 e. The van der Waals surface area contributed by atoms with Gasteiger partial charge in [-0.1, -0.05) is 6.92 Å². The highest BCUT2D eigenvalue weighted by molar-refractivity contribution is 5.46. The number of nitrogens with two attached hydrogens (primary N) is 1. The maximum atomic E-state index is 5.81. The van der Waals surface area contributed by atoms with E-state index in [0.29, 0.717) is 6.04 Å². The van der Waals surface area contributed by atoms with Crippen molar-refractivity contribution in [2.24, 2.45) is 11.7 Å². The minimum absolute atomic E-state index is 0.0165. The van der Waals surface area contributed by atoms with Crippen LogP contribution in [0.15, 0.2) is 18.3 Å². The van der Waals surface area contributed by atoms with Gasteiger partial charge in [0.25, 0.3) is 0 Å². The summed E-state index contributed by atoms with van der Waals surface area (Å²) in [6.45, 7) is 7.75. The van der Waals surface area contributed by atoms with Crippen LogP contribution in [0.1, 0.15) is 45.3 Å². The molecule has 94 valence electrons. The van der Waals surface area contributed by atoms with E-state index in [1.54, 1.807) is 0 Å². The van der Waals surface area contributed by atoms with Crippen LogP contribution in [-0.2, 0) is 0 Å². The third kappa shape index (κ3) is 2.78. The Labute approximate surface area is 104 Å². The van der Waals surface area contributed by atoms with Crippen LogP contribution in [0.5, 0.6) is 0 Å². The second-order valence-electron chi connectivity index (χ2n) is 5.40. The van der Waals surface area contributed by atoms with E-state index in [0.717, 1.165) is 18.2 Å². The molecule has 2 N–H and O–H groups in total. The van der Waals surface area contributed by atoms with Crippen molar-refractivity contribution in [3.05, 3.63) is 24.0 Å². The highest BCUT2D eigenvalue weighted by atomic mass is 15.2. The van der Waals surface area contributed by atoms with Crippen molar-refractivity contribution >= 4 is 5.69 Å². The van der Waals surface area contributed by atoms with Crippen LogP contribution in [0.3, 0.4) is 0 Å². The smallest absolute Gasteiger partial charge is 0.0569 e. The Morgan fingerprint density at radius 1 is 1.41 bits per heavy atom. The summed E-state index contributed by atoms with van der Waals surface area (Å²) in [5, 5.41) is 0. The van der Waals surface area contributed by atoms with E-state index in [9.17, 15) is 0 Å². The predicted octanol–water partition coefficient (Wildman–Crippen LogP) is 2.73. The molecule has 0 amide bonds.